The van der Waals surface area contributed by atoms with Crippen LogP contribution in [0.2, 0.25) is 0 Å². The van der Waals surface area contributed by atoms with Gasteiger partial charge in [-0.3, -0.25) is 4.55 Å². The van der Waals surface area contributed by atoms with Gasteiger partial charge in [0, 0.05) is 6.26 Å². The highest BCUT2D eigenvalue weighted by atomic mass is 32.2. The third kappa shape index (κ3) is 3.21. The Kier molecular flexibility index (Phi) is 4.78. The molecule has 3 N–H and O–H groups in total. The van der Waals surface area contributed by atoms with Gasteiger partial charge in [0.05, 0.1) is 22.3 Å². The van der Waals surface area contributed by atoms with Gasteiger partial charge in [-0.25, -0.2) is 13.7 Å². The molecule has 2 aromatic heterocycles. The van der Waals surface area contributed by atoms with E-state index in [4.69, 9.17) is 5.26 Å². The molecule has 0 aliphatic rings. The van der Waals surface area contributed by atoms with Gasteiger partial charge >= 0.3 is 0 Å². The molecule has 0 saturated carbocycles. The summed E-state index contributed by atoms with van der Waals surface area (Å²) in [5.41, 5.74) is -0.637. The Labute approximate surface area is 153 Å². The van der Waals surface area contributed by atoms with Crippen LogP contribution >= 0.6 is 23.6 Å². The van der Waals surface area contributed by atoms with Crippen molar-refractivity contribution < 1.29 is 41.1 Å². The van der Waals surface area contributed by atoms with E-state index in [1.165, 1.54) is 0 Å². The summed E-state index contributed by atoms with van der Waals surface area (Å²) in [6.07, 6.45) is 0.908. The number of hydrogen-bond acceptors (Lipinski definition) is 13. The van der Waals surface area contributed by atoms with Crippen molar-refractivity contribution >= 4 is 65.5 Å². The van der Waals surface area contributed by atoms with Crippen molar-refractivity contribution in [1.82, 2.24) is 14.6 Å². The van der Waals surface area contributed by atoms with E-state index in [1.807, 2.05) is 0 Å². The van der Waals surface area contributed by atoms with Gasteiger partial charge in [-0.15, -0.1) is 14.5 Å². The first-order valence-electron chi connectivity index (χ1n) is 6.19. The smallest absolute Gasteiger partial charge is 0.298 e. The van der Waals surface area contributed by atoms with E-state index in [2.05, 4.69) is 23.9 Å². The van der Waals surface area contributed by atoms with E-state index in [9.17, 15) is 26.5 Å². The van der Waals surface area contributed by atoms with Crippen molar-refractivity contribution in [3.8, 4) is 5.75 Å². The molecule has 0 fully saturated rings. The second-order valence-electron chi connectivity index (χ2n) is 4.79. The SMILES string of the molecule is CS(=O)(=O)c1snc2c1nnc1c(SOOO)cc(O)c(S(=O)(=O)O)c12. The zero-order chi connectivity index (χ0) is 19.3. The van der Waals surface area contributed by atoms with Crippen LogP contribution in [0.1, 0.15) is 0 Å². The Morgan fingerprint density at radius 2 is 1.81 bits per heavy atom. The maximum Gasteiger partial charge on any atom is 0.298 e. The van der Waals surface area contributed by atoms with E-state index >= 15 is 0 Å². The summed E-state index contributed by atoms with van der Waals surface area (Å²) in [5, 5.41) is 28.9. The lowest BCUT2D eigenvalue weighted by atomic mass is 10.2. The molecule has 3 aromatic rings. The number of fused-ring (bicyclic) bond motifs is 3. The van der Waals surface area contributed by atoms with Gasteiger partial charge in [0.1, 0.15) is 27.2 Å². The Hall–Kier alpha value is -1.66. The maximum absolute atomic E-state index is 11.8. The summed E-state index contributed by atoms with van der Waals surface area (Å²) in [5.74, 6) is -0.882. The number of aromatic nitrogens is 3. The van der Waals surface area contributed by atoms with Crippen molar-refractivity contribution in [3.63, 3.8) is 0 Å². The molecule has 1 aromatic carbocycles. The molecule has 0 saturated heterocycles. The van der Waals surface area contributed by atoms with Crippen molar-refractivity contribution in [2.75, 3.05) is 6.26 Å². The number of rotatable bonds is 5. The second kappa shape index (κ2) is 6.50. The quantitative estimate of drug-likeness (QED) is 0.221. The average Bonchev–Trinajstić information content (AvgIpc) is 2.95. The van der Waals surface area contributed by atoms with Gasteiger partial charge in [-0.05, 0) is 17.6 Å². The van der Waals surface area contributed by atoms with Crippen LogP contribution in [0, 0.1) is 0 Å². The van der Waals surface area contributed by atoms with Crippen molar-refractivity contribution in [2.24, 2.45) is 0 Å². The largest absolute Gasteiger partial charge is 0.506 e. The number of phenolic OH excluding ortho intramolecular Hbond substituents is 1. The predicted octanol–water partition coefficient (Wildman–Crippen LogP) is 1.02. The summed E-state index contributed by atoms with van der Waals surface area (Å²) >= 11 is 0.883. The minimum absolute atomic E-state index is 0.0535. The molecule has 12 nitrogen and oxygen atoms in total. The van der Waals surface area contributed by atoms with Gasteiger partial charge < -0.3 is 5.11 Å². The first-order chi connectivity index (χ1) is 12.1. The molecule has 0 spiro atoms. The van der Waals surface area contributed by atoms with Gasteiger partial charge in [-0.2, -0.15) is 12.8 Å². The fourth-order valence-corrected chi connectivity index (χ4v) is 5.16. The molecule has 0 bridgehead atoms. The molecule has 0 amide bonds. The van der Waals surface area contributed by atoms with Gasteiger partial charge in [-0.1, -0.05) is 5.04 Å². The molecule has 0 unspecified atom stereocenters. The van der Waals surface area contributed by atoms with Crippen molar-refractivity contribution in [1.29, 1.82) is 0 Å². The molecule has 2 heterocycles. The molecule has 0 aliphatic carbocycles. The lowest BCUT2D eigenvalue weighted by molar-refractivity contribution is -0.432. The van der Waals surface area contributed by atoms with Crippen LogP contribution < -0.4 is 0 Å². The Morgan fingerprint density at radius 3 is 2.38 bits per heavy atom. The summed E-state index contributed by atoms with van der Waals surface area (Å²) in [4.78, 5) is -0.978. The summed E-state index contributed by atoms with van der Waals surface area (Å²) < 4.78 is 64.5. The molecule has 16 heteroatoms. The zero-order valence-corrected chi connectivity index (χ0v) is 15.6. The third-order valence-corrected chi connectivity index (χ3v) is 7.25. The maximum atomic E-state index is 11.8. The second-order valence-corrected chi connectivity index (χ2v) is 9.87. The fourth-order valence-electron chi connectivity index (χ4n) is 2.18. The van der Waals surface area contributed by atoms with Crippen LogP contribution in [0.15, 0.2) is 20.1 Å². The molecule has 26 heavy (non-hydrogen) atoms. The van der Waals surface area contributed by atoms with Gasteiger partial charge in [0.2, 0.25) is 0 Å². The van der Waals surface area contributed by atoms with E-state index in [1.54, 1.807) is 0 Å². The summed E-state index contributed by atoms with van der Waals surface area (Å²) in [6.45, 7) is 0. The van der Waals surface area contributed by atoms with E-state index in [0.29, 0.717) is 23.6 Å². The standard InChI is InChI=1S/C10H7N3O9S4/c1-25(16,17)10-8-7(13-23-10)5-6(11-12-8)4(24-22-21-15)2-3(14)9(5)26(18,19)20/h2,14-15H,1H3,(H,18,19,20). The monoisotopic (exact) mass is 441 g/mol. The number of hydrogen-bond donors (Lipinski definition) is 3. The first-order valence-corrected chi connectivity index (χ1v) is 11.0. The predicted molar refractivity (Wildman–Crippen MR) is 88.0 cm³/mol. The fraction of sp³-hybridized carbons (Fsp3) is 0.100. The van der Waals surface area contributed by atoms with Crippen molar-refractivity contribution in [2.45, 2.75) is 14.0 Å². The number of aromatic hydroxyl groups is 1. The van der Waals surface area contributed by atoms with Crippen LogP contribution in [0.25, 0.3) is 21.9 Å². The highest BCUT2D eigenvalue weighted by Gasteiger charge is 2.29. The summed E-state index contributed by atoms with van der Waals surface area (Å²) in [6, 6.07) is 0.874. The van der Waals surface area contributed by atoms with E-state index < -0.39 is 30.6 Å². The van der Waals surface area contributed by atoms with Crippen molar-refractivity contribution in [3.05, 3.63) is 6.07 Å². The van der Waals surface area contributed by atoms with Crippen LogP contribution in [-0.2, 0) is 29.3 Å². The van der Waals surface area contributed by atoms with Crippen LogP contribution in [0.3, 0.4) is 0 Å². The lowest BCUT2D eigenvalue weighted by Gasteiger charge is -2.09. The number of sulfone groups is 1. The third-order valence-electron chi connectivity index (χ3n) is 3.07. The minimum atomic E-state index is -4.95. The van der Waals surface area contributed by atoms with E-state index in [-0.39, 0.29) is 31.0 Å². The Balaban J connectivity index is 2.54. The zero-order valence-electron chi connectivity index (χ0n) is 12.3. The number of phenols is 1. The summed E-state index contributed by atoms with van der Waals surface area (Å²) in [7, 11) is -8.69. The minimum Gasteiger partial charge on any atom is -0.506 e. The highest BCUT2D eigenvalue weighted by Crippen LogP contribution is 2.41. The molecule has 140 valence electrons. The van der Waals surface area contributed by atoms with Crippen LogP contribution in [-0.4, -0.2) is 52.6 Å². The topological polar surface area (TPSA) is 186 Å². The normalized spacial score (nSPS) is 12.9. The van der Waals surface area contributed by atoms with E-state index in [0.717, 1.165) is 12.3 Å². The van der Waals surface area contributed by atoms with Crippen LogP contribution in [0.5, 0.6) is 5.75 Å². The number of benzene rings is 1. The molecule has 0 atom stereocenters. The average molecular weight is 441 g/mol. The molecule has 0 radical (unpaired) electrons. The highest BCUT2D eigenvalue weighted by molar-refractivity contribution is 7.94. The van der Waals surface area contributed by atoms with Gasteiger partial charge in [0.15, 0.2) is 14.0 Å². The molecular weight excluding hydrogens is 434 g/mol. The molecular formula is C10H7N3O9S4. The van der Waals surface area contributed by atoms with Gasteiger partial charge in [0.25, 0.3) is 10.1 Å². The lowest BCUT2D eigenvalue weighted by Crippen LogP contribution is -2.03. The molecule has 3 rings (SSSR count). The molecule has 0 aliphatic heterocycles. The first kappa shape index (κ1) is 19.1. The Bertz CT molecular complexity index is 1240. The van der Waals surface area contributed by atoms with Crippen LogP contribution in [0.4, 0.5) is 0 Å². The number of nitrogens with zero attached hydrogens (tertiary/aromatic N) is 3. The Morgan fingerprint density at radius 1 is 1.15 bits per heavy atom.